The van der Waals surface area contributed by atoms with Crippen molar-refractivity contribution in [3.05, 3.63) is 77.7 Å². The predicted octanol–water partition coefficient (Wildman–Crippen LogP) is 4.50. The van der Waals surface area contributed by atoms with Gasteiger partial charge in [0.25, 0.3) is 11.8 Å². The number of anilines is 1. The highest BCUT2D eigenvalue weighted by atomic mass is 32.1. The average Bonchev–Trinajstić information content (AvgIpc) is 3.50. The van der Waals surface area contributed by atoms with Crippen LogP contribution in [0.1, 0.15) is 26.4 Å². The molecule has 0 saturated carbocycles. The molecule has 1 N–H and O–H groups in total. The summed E-state index contributed by atoms with van der Waals surface area (Å²) < 4.78 is 10.7. The molecule has 0 atom stereocenters. The van der Waals surface area contributed by atoms with Gasteiger partial charge in [-0.15, -0.1) is 11.3 Å². The Labute approximate surface area is 200 Å². The highest BCUT2D eigenvalue weighted by Crippen LogP contribution is 2.40. The molecule has 4 aromatic rings. The molecule has 8 nitrogen and oxygen atoms in total. The van der Waals surface area contributed by atoms with Crippen LogP contribution in [0.5, 0.6) is 0 Å². The summed E-state index contributed by atoms with van der Waals surface area (Å²) in [6.07, 6.45) is 3.29. The highest BCUT2D eigenvalue weighted by molar-refractivity contribution is 7.20. The molecular weight excluding hydrogens is 452 g/mol. The van der Waals surface area contributed by atoms with Crippen LogP contribution in [0, 0.1) is 6.92 Å². The number of benzene rings is 1. The molecule has 0 bridgehead atoms. The van der Waals surface area contributed by atoms with Gasteiger partial charge in [0, 0.05) is 42.0 Å². The molecule has 0 radical (unpaired) electrons. The number of morpholine rings is 1. The van der Waals surface area contributed by atoms with E-state index in [1.165, 1.54) is 11.3 Å². The molecule has 5 rings (SSSR count). The van der Waals surface area contributed by atoms with E-state index in [4.69, 9.17) is 9.26 Å². The predicted molar refractivity (Wildman–Crippen MR) is 129 cm³/mol. The van der Waals surface area contributed by atoms with Crippen LogP contribution >= 0.6 is 11.3 Å². The first-order valence-corrected chi connectivity index (χ1v) is 11.7. The van der Waals surface area contributed by atoms with E-state index in [0.29, 0.717) is 42.6 Å². The summed E-state index contributed by atoms with van der Waals surface area (Å²) >= 11 is 1.38. The smallest absolute Gasteiger partial charge is 0.278 e. The molecule has 172 valence electrons. The summed E-state index contributed by atoms with van der Waals surface area (Å²) in [5, 5.41) is 7.31. The first kappa shape index (κ1) is 22.0. The van der Waals surface area contributed by atoms with Crippen molar-refractivity contribution in [1.29, 1.82) is 0 Å². The highest BCUT2D eigenvalue weighted by Gasteiger charge is 2.28. The van der Waals surface area contributed by atoms with E-state index in [1.807, 2.05) is 43.3 Å². The van der Waals surface area contributed by atoms with Crippen LogP contribution in [0.4, 0.5) is 5.00 Å². The monoisotopic (exact) mass is 474 g/mol. The van der Waals surface area contributed by atoms with Crippen LogP contribution in [-0.4, -0.2) is 53.2 Å². The summed E-state index contributed by atoms with van der Waals surface area (Å²) in [6.45, 7) is 3.94. The van der Waals surface area contributed by atoms with Gasteiger partial charge < -0.3 is 19.5 Å². The summed E-state index contributed by atoms with van der Waals surface area (Å²) in [5.74, 6) is -0.128. The third-order valence-electron chi connectivity index (χ3n) is 5.61. The number of hydrogen-bond donors (Lipinski definition) is 1. The number of nitrogens with zero attached hydrogens (tertiary/aromatic N) is 3. The average molecular weight is 475 g/mol. The topological polar surface area (TPSA) is 97.6 Å². The summed E-state index contributed by atoms with van der Waals surface area (Å²) in [4.78, 5) is 33.3. The van der Waals surface area contributed by atoms with E-state index in [0.717, 1.165) is 21.6 Å². The number of rotatable bonds is 5. The van der Waals surface area contributed by atoms with E-state index >= 15 is 0 Å². The van der Waals surface area contributed by atoms with Crippen molar-refractivity contribution < 1.29 is 18.8 Å². The fourth-order valence-corrected chi connectivity index (χ4v) is 5.04. The zero-order valence-electron chi connectivity index (χ0n) is 18.5. The third-order valence-corrected chi connectivity index (χ3v) is 6.87. The molecule has 1 aliphatic heterocycles. The number of carbonyl (C=O) groups excluding carboxylic acids is 2. The van der Waals surface area contributed by atoms with Gasteiger partial charge in [-0.2, -0.15) is 0 Å². The Morgan fingerprint density at radius 2 is 1.82 bits per heavy atom. The molecule has 1 saturated heterocycles. The zero-order chi connectivity index (χ0) is 23.5. The quantitative estimate of drug-likeness (QED) is 0.457. The normalized spacial score (nSPS) is 13.6. The van der Waals surface area contributed by atoms with E-state index in [-0.39, 0.29) is 11.6 Å². The maximum atomic E-state index is 13.5. The van der Waals surface area contributed by atoms with Crippen molar-refractivity contribution in [1.82, 2.24) is 15.0 Å². The van der Waals surface area contributed by atoms with Crippen LogP contribution in [0.25, 0.3) is 21.8 Å². The maximum Gasteiger partial charge on any atom is 0.278 e. The Morgan fingerprint density at radius 3 is 2.56 bits per heavy atom. The SMILES string of the molecule is Cc1c(-c2ccccc2)sc(NC(=O)c2cc(-c3cccnc3)on2)c1C(=O)N1CCOCC1. The molecule has 3 aromatic heterocycles. The molecule has 0 aliphatic carbocycles. The Hall–Kier alpha value is -3.82. The van der Waals surface area contributed by atoms with Gasteiger partial charge in [0.2, 0.25) is 0 Å². The fourth-order valence-electron chi connectivity index (χ4n) is 3.84. The van der Waals surface area contributed by atoms with E-state index < -0.39 is 5.91 Å². The first-order valence-electron chi connectivity index (χ1n) is 10.9. The number of nitrogens with one attached hydrogen (secondary N) is 1. The molecular formula is C25H22N4O4S. The largest absolute Gasteiger partial charge is 0.378 e. The van der Waals surface area contributed by atoms with Crippen LogP contribution in [0.15, 0.2) is 65.4 Å². The number of pyridine rings is 1. The summed E-state index contributed by atoms with van der Waals surface area (Å²) in [7, 11) is 0. The van der Waals surface area contributed by atoms with Gasteiger partial charge in [0.15, 0.2) is 11.5 Å². The van der Waals surface area contributed by atoms with Gasteiger partial charge in [0.05, 0.1) is 18.8 Å². The van der Waals surface area contributed by atoms with Crippen LogP contribution in [0.3, 0.4) is 0 Å². The van der Waals surface area contributed by atoms with E-state index in [9.17, 15) is 9.59 Å². The Morgan fingerprint density at radius 1 is 1.06 bits per heavy atom. The van der Waals surface area contributed by atoms with Gasteiger partial charge in [-0.1, -0.05) is 35.5 Å². The lowest BCUT2D eigenvalue weighted by molar-refractivity contribution is 0.0303. The van der Waals surface area contributed by atoms with Crippen molar-refractivity contribution in [3.63, 3.8) is 0 Å². The Bertz CT molecular complexity index is 1310. The molecule has 2 amide bonds. The molecule has 1 fully saturated rings. The molecule has 1 aromatic carbocycles. The fraction of sp³-hybridized carbons (Fsp3) is 0.200. The number of thiophene rings is 1. The lowest BCUT2D eigenvalue weighted by Gasteiger charge is -2.27. The third kappa shape index (κ3) is 4.35. The number of ether oxygens (including phenoxy) is 1. The second-order valence-corrected chi connectivity index (χ2v) is 8.82. The van der Waals surface area contributed by atoms with Gasteiger partial charge in [0.1, 0.15) is 5.00 Å². The van der Waals surface area contributed by atoms with Crippen molar-refractivity contribution in [3.8, 4) is 21.8 Å². The summed E-state index contributed by atoms with van der Waals surface area (Å²) in [6, 6.07) is 15.0. The number of carbonyl (C=O) groups is 2. The van der Waals surface area contributed by atoms with Crippen molar-refractivity contribution in [2.75, 3.05) is 31.6 Å². The maximum absolute atomic E-state index is 13.5. The van der Waals surface area contributed by atoms with Crippen LogP contribution in [-0.2, 0) is 4.74 Å². The molecule has 34 heavy (non-hydrogen) atoms. The molecule has 0 unspecified atom stereocenters. The standard InChI is InChI=1S/C25H22N4O4S/c1-16-21(25(31)29-10-12-32-13-11-29)24(34-22(16)17-6-3-2-4-7-17)27-23(30)19-14-20(33-28-19)18-8-5-9-26-15-18/h2-9,14-15H,10-13H2,1H3,(H,27,30). The lowest BCUT2D eigenvalue weighted by Crippen LogP contribution is -2.41. The van der Waals surface area contributed by atoms with Crippen LogP contribution in [0.2, 0.25) is 0 Å². The minimum atomic E-state index is -0.448. The van der Waals surface area contributed by atoms with E-state index in [1.54, 1.807) is 29.4 Å². The molecule has 0 spiro atoms. The Balaban J connectivity index is 1.48. The minimum Gasteiger partial charge on any atom is -0.378 e. The lowest BCUT2D eigenvalue weighted by atomic mass is 10.1. The van der Waals surface area contributed by atoms with Crippen molar-refractivity contribution in [2.24, 2.45) is 0 Å². The Kier molecular flexibility index (Phi) is 6.20. The van der Waals surface area contributed by atoms with Crippen molar-refractivity contribution >= 4 is 28.2 Å². The van der Waals surface area contributed by atoms with Gasteiger partial charge in [-0.3, -0.25) is 14.6 Å². The van der Waals surface area contributed by atoms with E-state index in [2.05, 4.69) is 15.5 Å². The number of hydrogen-bond acceptors (Lipinski definition) is 7. The van der Waals surface area contributed by atoms with Crippen LogP contribution < -0.4 is 5.32 Å². The molecule has 4 heterocycles. The van der Waals surface area contributed by atoms with Gasteiger partial charge in [-0.25, -0.2) is 0 Å². The second-order valence-electron chi connectivity index (χ2n) is 7.80. The molecule has 1 aliphatic rings. The molecule has 9 heteroatoms. The van der Waals surface area contributed by atoms with Crippen molar-refractivity contribution in [2.45, 2.75) is 6.92 Å². The minimum absolute atomic E-state index is 0.120. The second kappa shape index (κ2) is 9.58. The first-order chi connectivity index (χ1) is 16.6. The number of amides is 2. The number of aromatic nitrogens is 2. The summed E-state index contributed by atoms with van der Waals surface area (Å²) in [5.41, 5.74) is 3.16. The van der Waals surface area contributed by atoms with Gasteiger partial charge >= 0.3 is 0 Å². The zero-order valence-corrected chi connectivity index (χ0v) is 19.3. The van der Waals surface area contributed by atoms with Gasteiger partial charge in [-0.05, 0) is 30.2 Å².